The molecule has 3 heterocycles. The van der Waals surface area contributed by atoms with Gasteiger partial charge in [0.1, 0.15) is 5.82 Å². The van der Waals surface area contributed by atoms with Gasteiger partial charge in [0.15, 0.2) is 0 Å². The molecule has 8 nitrogen and oxygen atoms in total. The Morgan fingerprint density at radius 1 is 1.05 bits per heavy atom. The largest absolute Gasteiger partial charge is 0.368 e. The monoisotopic (exact) mass is 300 g/mol. The van der Waals surface area contributed by atoms with E-state index in [1.807, 2.05) is 12.1 Å². The fraction of sp³-hybridized carbons (Fsp3) is 0.500. The van der Waals surface area contributed by atoms with E-state index in [-0.39, 0.29) is 11.9 Å². The number of pyridine rings is 1. The van der Waals surface area contributed by atoms with Crippen LogP contribution in [0.25, 0.3) is 5.69 Å². The summed E-state index contributed by atoms with van der Waals surface area (Å²) in [6, 6.07) is 4.79. The topological polar surface area (TPSA) is 102 Å². The van der Waals surface area contributed by atoms with Crippen molar-refractivity contribution < 1.29 is 0 Å². The molecule has 4 N–H and O–H groups in total. The van der Waals surface area contributed by atoms with E-state index in [1.54, 1.807) is 6.20 Å². The van der Waals surface area contributed by atoms with E-state index < -0.39 is 0 Å². The SMILES string of the molecule is Nc1nc(N)n(-c2ccc(N3CCN(C4CC4)CC3)nc2)n1. The van der Waals surface area contributed by atoms with Gasteiger partial charge in [-0.1, -0.05) is 0 Å². The van der Waals surface area contributed by atoms with Gasteiger partial charge in [0, 0.05) is 32.2 Å². The van der Waals surface area contributed by atoms with Crippen molar-refractivity contribution in [2.24, 2.45) is 0 Å². The van der Waals surface area contributed by atoms with Crippen LogP contribution < -0.4 is 16.4 Å². The van der Waals surface area contributed by atoms with Gasteiger partial charge in [-0.2, -0.15) is 9.67 Å². The molecule has 22 heavy (non-hydrogen) atoms. The first-order chi connectivity index (χ1) is 10.7. The number of anilines is 3. The van der Waals surface area contributed by atoms with Crippen LogP contribution in [0, 0.1) is 0 Å². The van der Waals surface area contributed by atoms with Crippen LogP contribution >= 0.6 is 0 Å². The van der Waals surface area contributed by atoms with Crippen molar-refractivity contribution in [2.45, 2.75) is 18.9 Å². The van der Waals surface area contributed by atoms with E-state index in [1.165, 1.54) is 17.5 Å². The predicted octanol–water partition coefficient (Wildman–Crippen LogP) is 0.111. The summed E-state index contributed by atoms with van der Waals surface area (Å²) in [5.41, 5.74) is 12.1. The fourth-order valence-electron chi connectivity index (χ4n) is 2.98. The van der Waals surface area contributed by atoms with E-state index >= 15 is 0 Å². The highest BCUT2D eigenvalue weighted by molar-refractivity contribution is 5.46. The molecule has 1 aliphatic carbocycles. The zero-order chi connectivity index (χ0) is 15.1. The van der Waals surface area contributed by atoms with Gasteiger partial charge in [0.25, 0.3) is 0 Å². The number of rotatable bonds is 3. The number of aromatic nitrogens is 4. The summed E-state index contributed by atoms with van der Waals surface area (Å²) in [6.07, 6.45) is 4.50. The Bertz CT molecular complexity index is 652. The lowest BCUT2D eigenvalue weighted by Crippen LogP contribution is -2.47. The van der Waals surface area contributed by atoms with Crippen LogP contribution in [0.1, 0.15) is 12.8 Å². The molecule has 0 unspecified atom stereocenters. The third-order valence-corrected chi connectivity index (χ3v) is 4.33. The number of piperazine rings is 1. The van der Waals surface area contributed by atoms with E-state index in [4.69, 9.17) is 11.5 Å². The third-order valence-electron chi connectivity index (χ3n) is 4.33. The van der Waals surface area contributed by atoms with Gasteiger partial charge in [-0.05, 0) is 25.0 Å². The summed E-state index contributed by atoms with van der Waals surface area (Å²) in [6.45, 7) is 4.31. The Labute approximate surface area is 128 Å². The van der Waals surface area contributed by atoms with Crippen molar-refractivity contribution in [3.05, 3.63) is 18.3 Å². The minimum Gasteiger partial charge on any atom is -0.368 e. The Kier molecular flexibility index (Phi) is 3.11. The molecule has 8 heteroatoms. The second kappa shape index (κ2) is 5.13. The standard InChI is InChI=1S/C14H20N8/c15-13-18-14(16)22(19-13)11-3-4-12(17-9-11)21-7-5-20(6-8-21)10-1-2-10/h3-4,9-10H,1-2,5-8H2,(H4,15,16,18,19). The predicted molar refractivity (Wildman–Crippen MR) is 84.8 cm³/mol. The minimum absolute atomic E-state index is 0.165. The lowest BCUT2D eigenvalue weighted by molar-refractivity contribution is 0.247. The molecule has 0 amide bonds. The molecule has 1 saturated carbocycles. The molecule has 4 rings (SSSR count). The average Bonchev–Trinajstić information content (AvgIpc) is 3.33. The van der Waals surface area contributed by atoms with Crippen LogP contribution in [0.2, 0.25) is 0 Å². The van der Waals surface area contributed by atoms with Crippen molar-refractivity contribution in [1.82, 2.24) is 24.6 Å². The Morgan fingerprint density at radius 3 is 2.36 bits per heavy atom. The van der Waals surface area contributed by atoms with Crippen LogP contribution in [-0.4, -0.2) is 56.9 Å². The maximum Gasteiger partial charge on any atom is 0.241 e. The molecule has 1 saturated heterocycles. The molecule has 2 aromatic heterocycles. The van der Waals surface area contributed by atoms with Gasteiger partial charge in [0.2, 0.25) is 11.9 Å². The lowest BCUT2D eigenvalue weighted by atomic mass is 10.3. The number of nitrogen functional groups attached to an aromatic ring is 2. The first-order valence-electron chi connectivity index (χ1n) is 7.64. The van der Waals surface area contributed by atoms with Gasteiger partial charge < -0.3 is 16.4 Å². The van der Waals surface area contributed by atoms with E-state index in [2.05, 4.69) is 24.9 Å². The van der Waals surface area contributed by atoms with Crippen molar-refractivity contribution >= 4 is 17.7 Å². The zero-order valence-corrected chi connectivity index (χ0v) is 12.4. The van der Waals surface area contributed by atoms with Crippen LogP contribution in [0.4, 0.5) is 17.7 Å². The van der Waals surface area contributed by atoms with Crippen LogP contribution in [-0.2, 0) is 0 Å². The average molecular weight is 300 g/mol. The Balaban J connectivity index is 1.46. The van der Waals surface area contributed by atoms with Crippen LogP contribution in [0.3, 0.4) is 0 Å². The lowest BCUT2D eigenvalue weighted by Gasteiger charge is -2.35. The number of nitrogens with two attached hydrogens (primary N) is 2. The minimum atomic E-state index is 0.165. The second-order valence-corrected chi connectivity index (χ2v) is 5.87. The number of nitrogens with zero attached hydrogens (tertiary/aromatic N) is 6. The molecule has 0 aromatic carbocycles. The zero-order valence-electron chi connectivity index (χ0n) is 12.4. The van der Waals surface area contributed by atoms with Gasteiger partial charge >= 0.3 is 0 Å². The molecule has 0 bridgehead atoms. The third kappa shape index (κ3) is 2.45. The first kappa shape index (κ1) is 13.3. The first-order valence-corrected chi connectivity index (χ1v) is 7.64. The van der Waals surface area contributed by atoms with Crippen LogP contribution in [0.5, 0.6) is 0 Å². The van der Waals surface area contributed by atoms with Crippen LogP contribution in [0.15, 0.2) is 18.3 Å². The molecule has 1 aliphatic heterocycles. The summed E-state index contributed by atoms with van der Waals surface area (Å²) in [5.74, 6) is 1.42. The van der Waals surface area contributed by atoms with Gasteiger partial charge in [-0.3, -0.25) is 4.90 Å². The highest BCUT2D eigenvalue weighted by Gasteiger charge is 2.31. The molecular weight excluding hydrogens is 280 g/mol. The molecule has 0 spiro atoms. The van der Waals surface area contributed by atoms with E-state index in [0.717, 1.165) is 43.7 Å². The quantitative estimate of drug-likeness (QED) is 0.829. The summed E-state index contributed by atoms with van der Waals surface area (Å²) in [5, 5.41) is 4.06. The molecule has 116 valence electrons. The molecule has 0 atom stereocenters. The fourth-order valence-corrected chi connectivity index (χ4v) is 2.98. The smallest absolute Gasteiger partial charge is 0.241 e. The van der Waals surface area contributed by atoms with Crippen molar-refractivity contribution in [3.8, 4) is 5.69 Å². The Hall–Kier alpha value is -2.35. The summed E-state index contributed by atoms with van der Waals surface area (Å²) < 4.78 is 1.50. The van der Waals surface area contributed by atoms with Gasteiger partial charge in [-0.15, -0.1) is 5.10 Å². The summed E-state index contributed by atoms with van der Waals surface area (Å²) in [7, 11) is 0. The molecule has 2 aliphatic rings. The molecular formula is C14H20N8. The normalized spacial score (nSPS) is 19.5. The van der Waals surface area contributed by atoms with Crippen molar-refractivity contribution in [2.75, 3.05) is 42.5 Å². The molecule has 0 radical (unpaired) electrons. The second-order valence-electron chi connectivity index (χ2n) is 5.87. The van der Waals surface area contributed by atoms with Crippen molar-refractivity contribution in [1.29, 1.82) is 0 Å². The highest BCUT2D eigenvalue weighted by atomic mass is 15.4. The van der Waals surface area contributed by atoms with E-state index in [9.17, 15) is 0 Å². The van der Waals surface area contributed by atoms with Crippen molar-refractivity contribution in [3.63, 3.8) is 0 Å². The van der Waals surface area contributed by atoms with Gasteiger partial charge in [0.05, 0.1) is 11.9 Å². The van der Waals surface area contributed by atoms with Gasteiger partial charge in [-0.25, -0.2) is 4.98 Å². The summed E-state index contributed by atoms with van der Waals surface area (Å²) in [4.78, 5) is 13.3. The Morgan fingerprint density at radius 2 is 1.82 bits per heavy atom. The summed E-state index contributed by atoms with van der Waals surface area (Å²) >= 11 is 0. The molecule has 2 aromatic rings. The maximum absolute atomic E-state index is 5.77. The number of hydrogen-bond donors (Lipinski definition) is 2. The van der Waals surface area contributed by atoms with E-state index in [0.29, 0.717) is 0 Å². The highest BCUT2D eigenvalue weighted by Crippen LogP contribution is 2.28. The molecule has 2 fully saturated rings. The number of hydrogen-bond acceptors (Lipinski definition) is 7. The maximum atomic E-state index is 5.77.